The molecule has 1 aromatic carbocycles. The lowest BCUT2D eigenvalue weighted by molar-refractivity contribution is -0.123. The average molecular weight is 342 g/mol. The van der Waals surface area contributed by atoms with Gasteiger partial charge in [0.25, 0.3) is 5.91 Å². The second-order valence-electron chi connectivity index (χ2n) is 5.79. The SMILES string of the molecule is CCC[C@H](C)NC(=O)COc1ccc(S(=O)(=O)NC(C)C)cc1. The number of hydrogen-bond donors (Lipinski definition) is 2. The molecule has 2 N–H and O–H groups in total. The molecule has 0 unspecified atom stereocenters. The van der Waals surface area contributed by atoms with Gasteiger partial charge in [0.15, 0.2) is 6.61 Å². The molecule has 0 fully saturated rings. The van der Waals surface area contributed by atoms with Crippen LogP contribution in [0, 0.1) is 0 Å². The van der Waals surface area contributed by atoms with E-state index in [4.69, 9.17) is 4.74 Å². The van der Waals surface area contributed by atoms with E-state index in [0.717, 1.165) is 12.8 Å². The lowest BCUT2D eigenvalue weighted by Crippen LogP contribution is -2.35. The minimum atomic E-state index is -3.51. The Morgan fingerprint density at radius 3 is 2.30 bits per heavy atom. The number of carbonyl (C=O) groups excluding carboxylic acids is 1. The van der Waals surface area contributed by atoms with Crippen molar-refractivity contribution in [2.75, 3.05) is 6.61 Å². The van der Waals surface area contributed by atoms with Crippen LogP contribution in [0.15, 0.2) is 29.2 Å². The van der Waals surface area contributed by atoms with Crippen LogP contribution in [0.25, 0.3) is 0 Å². The molecule has 1 rings (SSSR count). The summed E-state index contributed by atoms with van der Waals surface area (Å²) in [4.78, 5) is 11.9. The molecule has 1 atom stereocenters. The van der Waals surface area contributed by atoms with Crippen LogP contribution in [0.3, 0.4) is 0 Å². The molecule has 23 heavy (non-hydrogen) atoms. The summed E-state index contributed by atoms with van der Waals surface area (Å²) in [6.45, 7) is 7.43. The molecule has 0 aromatic heterocycles. The molecule has 0 bridgehead atoms. The Balaban J connectivity index is 2.56. The van der Waals surface area contributed by atoms with Crippen molar-refractivity contribution in [2.24, 2.45) is 0 Å². The van der Waals surface area contributed by atoms with Gasteiger partial charge in [0, 0.05) is 12.1 Å². The zero-order chi connectivity index (χ0) is 17.5. The third kappa shape index (κ3) is 7.00. The molecule has 0 aliphatic carbocycles. The van der Waals surface area contributed by atoms with Crippen LogP contribution in [-0.2, 0) is 14.8 Å². The van der Waals surface area contributed by atoms with E-state index in [9.17, 15) is 13.2 Å². The summed E-state index contributed by atoms with van der Waals surface area (Å²) in [6, 6.07) is 5.93. The second kappa shape index (κ2) is 8.88. The number of nitrogens with one attached hydrogen (secondary N) is 2. The van der Waals surface area contributed by atoms with Crippen LogP contribution in [0.4, 0.5) is 0 Å². The molecule has 0 saturated carbocycles. The summed E-state index contributed by atoms with van der Waals surface area (Å²) in [5.74, 6) is 0.260. The molecular formula is C16H26N2O4S. The molecule has 7 heteroatoms. The molecule has 0 aliphatic rings. The standard InChI is InChI=1S/C16H26N2O4S/c1-5-6-13(4)17-16(19)11-22-14-7-9-15(10-8-14)23(20,21)18-12(2)3/h7-10,12-13,18H,5-6,11H2,1-4H3,(H,17,19)/t13-/m0/s1. The van der Waals surface area contributed by atoms with Gasteiger partial charge in [-0.25, -0.2) is 13.1 Å². The molecule has 6 nitrogen and oxygen atoms in total. The van der Waals surface area contributed by atoms with Crippen LogP contribution in [0.5, 0.6) is 5.75 Å². The first-order valence-electron chi connectivity index (χ1n) is 7.79. The highest BCUT2D eigenvalue weighted by Crippen LogP contribution is 2.16. The molecule has 1 amide bonds. The van der Waals surface area contributed by atoms with E-state index < -0.39 is 10.0 Å². The third-order valence-electron chi connectivity index (χ3n) is 3.02. The zero-order valence-electron chi connectivity index (χ0n) is 14.1. The van der Waals surface area contributed by atoms with Crippen molar-refractivity contribution in [1.29, 1.82) is 0 Å². The average Bonchev–Trinajstić information content (AvgIpc) is 2.44. The monoisotopic (exact) mass is 342 g/mol. The third-order valence-corrected chi connectivity index (χ3v) is 4.70. The topological polar surface area (TPSA) is 84.5 Å². The summed E-state index contributed by atoms with van der Waals surface area (Å²) in [7, 11) is -3.51. The van der Waals surface area contributed by atoms with Crippen molar-refractivity contribution in [2.45, 2.75) is 57.5 Å². The number of sulfonamides is 1. The molecule has 130 valence electrons. The summed E-state index contributed by atoms with van der Waals surface area (Å²) < 4.78 is 31.8. The van der Waals surface area contributed by atoms with Gasteiger partial charge in [-0.3, -0.25) is 4.79 Å². The van der Waals surface area contributed by atoms with Crippen LogP contribution < -0.4 is 14.8 Å². The maximum absolute atomic E-state index is 12.0. The first kappa shape index (κ1) is 19.4. The van der Waals surface area contributed by atoms with Crippen molar-refractivity contribution in [3.63, 3.8) is 0 Å². The van der Waals surface area contributed by atoms with Gasteiger partial charge >= 0.3 is 0 Å². The maximum Gasteiger partial charge on any atom is 0.258 e. The van der Waals surface area contributed by atoms with Gasteiger partial charge in [-0.05, 0) is 51.5 Å². The van der Waals surface area contributed by atoms with Crippen molar-refractivity contribution >= 4 is 15.9 Å². The van der Waals surface area contributed by atoms with Crippen molar-refractivity contribution in [3.05, 3.63) is 24.3 Å². The fraction of sp³-hybridized carbons (Fsp3) is 0.562. The Morgan fingerprint density at radius 2 is 1.78 bits per heavy atom. The highest BCUT2D eigenvalue weighted by atomic mass is 32.2. The minimum Gasteiger partial charge on any atom is -0.484 e. The van der Waals surface area contributed by atoms with Gasteiger partial charge in [-0.2, -0.15) is 0 Å². The molecule has 0 spiro atoms. The Hall–Kier alpha value is -1.60. The van der Waals surface area contributed by atoms with E-state index in [1.54, 1.807) is 13.8 Å². The van der Waals surface area contributed by atoms with Crippen molar-refractivity contribution in [1.82, 2.24) is 10.0 Å². The summed E-state index contributed by atoms with van der Waals surface area (Å²) in [5.41, 5.74) is 0. The van der Waals surface area contributed by atoms with Gasteiger partial charge in [-0.1, -0.05) is 13.3 Å². The summed E-state index contributed by atoms with van der Waals surface area (Å²) in [5, 5.41) is 2.84. The highest BCUT2D eigenvalue weighted by molar-refractivity contribution is 7.89. The minimum absolute atomic E-state index is 0.0929. The van der Waals surface area contributed by atoms with Crippen molar-refractivity contribution in [3.8, 4) is 5.75 Å². The predicted octanol–water partition coefficient (Wildman–Crippen LogP) is 2.06. The van der Waals surface area contributed by atoms with Gasteiger partial charge in [0.2, 0.25) is 10.0 Å². The smallest absolute Gasteiger partial charge is 0.258 e. The van der Waals surface area contributed by atoms with Crippen LogP contribution in [0.1, 0.15) is 40.5 Å². The van der Waals surface area contributed by atoms with Gasteiger partial charge in [0.05, 0.1) is 4.90 Å². The molecule has 1 aromatic rings. The van der Waals surface area contributed by atoms with Crippen LogP contribution >= 0.6 is 0 Å². The molecule has 0 saturated heterocycles. The normalized spacial score (nSPS) is 12.9. The van der Waals surface area contributed by atoms with E-state index in [0.29, 0.717) is 5.75 Å². The number of amides is 1. The Bertz CT molecular complexity index is 597. The van der Waals surface area contributed by atoms with Gasteiger partial charge < -0.3 is 10.1 Å². The van der Waals surface area contributed by atoms with E-state index in [1.807, 2.05) is 6.92 Å². The Kier molecular flexibility index (Phi) is 7.51. The number of carbonyl (C=O) groups is 1. The van der Waals surface area contributed by atoms with E-state index in [1.165, 1.54) is 24.3 Å². The lowest BCUT2D eigenvalue weighted by Gasteiger charge is -2.13. The molecule has 0 radical (unpaired) electrons. The zero-order valence-corrected chi connectivity index (χ0v) is 14.9. The van der Waals surface area contributed by atoms with Crippen LogP contribution in [-0.4, -0.2) is 33.0 Å². The molecule has 0 aliphatic heterocycles. The summed E-state index contributed by atoms with van der Waals surface area (Å²) in [6.07, 6.45) is 1.92. The quantitative estimate of drug-likeness (QED) is 0.719. The largest absolute Gasteiger partial charge is 0.484 e. The first-order chi connectivity index (χ1) is 10.7. The fourth-order valence-electron chi connectivity index (χ4n) is 2.06. The van der Waals surface area contributed by atoms with Gasteiger partial charge in [0.1, 0.15) is 5.75 Å². The first-order valence-corrected chi connectivity index (χ1v) is 9.27. The maximum atomic E-state index is 12.0. The van der Waals surface area contributed by atoms with Crippen molar-refractivity contribution < 1.29 is 17.9 Å². The number of rotatable bonds is 9. The molecular weight excluding hydrogens is 316 g/mol. The Morgan fingerprint density at radius 1 is 1.17 bits per heavy atom. The fourth-order valence-corrected chi connectivity index (χ4v) is 3.31. The number of benzene rings is 1. The summed E-state index contributed by atoms with van der Waals surface area (Å²) >= 11 is 0. The molecule has 0 heterocycles. The highest BCUT2D eigenvalue weighted by Gasteiger charge is 2.15. The van der Waals surface area contributed by atoms with Gasteiger partial charge in [-0.15, -0.1) is 0 Å². The number of ether oxygens (including phenoxy) is 1. The second-order valence-corrected chi connectivity index (χ2v) is 7.51. The van der Waals surface area contributed by atoms with E-state index in [-0.39, 0.29) is 29.5 Å². The van der Waals surface area contributed by atoms with E-state index >= 15 is 0 Å². The predicted molar refractivity (Wildman–Crippen MR) is 89.9 cm³/mol. The Labute approximate surface area is 138 Å². The van der Waals surface area contributed by atoms with Crippen LogP contribution in [0.2, 0.25) is 0 Å². The van der Waals surface area contributed by atoms with E-state index in [2.05, 4.69) is 17.0 Å². The number of hydrogen-bond acceptors (Lipinski definition) is 4. The lowest BCUT2D eigenvalue weighted by atomic mass is 10.2.